The van der Waals surface area contributed by atoms with E-state index in [9.17, 15) is 18.0 Å². The highest BCUT2D eigenvalue weighted by Crippen LogP contribution is 2.19. The standard InChI is InChI=1S/C11H20N2O5S/c1-4-18-11(15)10-8(12-19(16,17)5-2)6-7-9(14)13(10)3/h8,10,12H,4-7H2,1-3H3/t8-,10-/m1/s1. The maximum Gasteiger partial charge on any atom is 0.330 e. The Balaban J connectivity index is 2.93. The lowest BCUT2D eigenvalue weighted by Crippen LogP contribution is -2.59. The fourth-order valence-corrected chi connectivity index (χ4v) is 2.90. The lowest BCUT2D eigenvalue weighted by atomic mass is 9.97. The molecular weight excluding hydrogens is 272 g/mol. The number of nitrogens with zero attached hydrogens (tertiary/aromatic N) is 1. The average Bonchev–Trinajstić information content (AvgIpc) is 2.34. The van der Waals surface area contributed by atoms with Crippen LogP contribution in [0.4, 0.5) is 0 Å². The van der Waals surface area contributed by atoms with Crippen molar-refractivity contribution < 1.29 is 22.7 Å². The average molecular weight is 292 g/mol. The third kappa shape index (κ3) is 3.90. The maximum atomic E-state index is 11.9. The molecule has 0 unspecified atom stereocenters. The summed E-state index contributed by atoms with van der Waals surface area (Å²) < 4.78 is 30.6. The van der Waals surface area contributed by atoms with E-state index in [2.05, 4.69) is 4.72 Å². The van der Waals surface area contributed by atoms with E-state index in [1.807, 2.05) is 0 Å². The van der Waals surface area contributed by atoms with Gasteiger partial charge in [-0.2, -0.15) is 0 Å². The lowest BCUT2D eigenvalue weighted by Gasteiger charge is -2.37. The zero-order chi connectivity index (χ0) is 14.6. The van der Waals surface area contributed by atoms with Crippen LogP contribution in [0.15, 0.2) is 0 Å². The van der Waals surface area contributed by atoms with Crippen LogP contribution in [0.2, 0.25) is 0 Å². The molecule has 0 aromatic heterocycles. The van der Waals surface area contributed by atoms with E-state index in [1.165, 1.54) is 18.9 Å². The molecule has 0 radical (unpaired) electrons. The molecule has 0 spiro atoms. The van der Waals surface area contributed by atoms with Gasteiger partial charge in [-0.25, -0.2) is 17.9 Å². The molecule has 0 saturated carbocycles. The van der Waals surface area contributed by atoms with Crippen LogP contribution >= 0.6 is 0 Å². The van der Waals surface area contributed by atoms with Crippen LogP contribution in [-0.2, 0) is 24.3 Å². The number of likely N-dealkylation sites (N-methyl/N-ethyl adjacent to an activating group) is 1. The second kappa shape index (κ2) is 6.33. The molecule has 8 heteroatoms. The monoisotopic (exact) mass is 292 g/mol. The van der Waals surface area contributed by atoms with Gasteiger partial charge in [0, 0.05) is 13.5 Å². The number of nitrogens with one attached hydrogen (secondary N) is 1. The van der Waals surface area contributed by atoms with Gasteiger partial charge in [0.2, 0.25) is 15.9 Å². The van der Waals surface area contributed by atoms with E-state index in [0.717, 1.165) is 0 Å². The SMILES string of the molecule is CCOC(=O)[C@H]1[C@H](NS(=O)(=O)CC)CCC(=O)N1C. The first-order valence-corrected chi connectivity index (χ1v) is 7.90. The van der Waals surface area contributed by atoms with E-state index >= 15 is 0 Å². The highest BCUT2D eigenvalue weighted by atomic mass is 32.2. The summed E-state index contributed by atoms with van der Waals surface area (Å²) in [4.78, 5) is 24.8. The largest absolute Gasteiger partial charge is 0.464 e. The number of hydrogen-bond acceptors (Lipinski definition) is 5. The molecule has 7 nitrogen and oxygen atoms in total. The van der Waals surface area contributed by atoms with Crippen LogP contribution in [0.25, 0.3) is 0 Å². The lowest BCUT2D eigenvalue weighted by molar-refractivity contribution is -0.157. The van der Waals surface area contributed by atoms with Gasteiger partial charge in [-0.15, -0.1) is 0 Å². The Morgan fingerprint density at radius 2 is 2.11 bits per heavy atom. The number of hydrogen-bond donors (Lipinski definition) is 1. The summed E-state index contributed by atoms with van der Waals surface area (Å²) in [7, 11) is -1.95. The van der Waals surface area contributed by atoms with Gasteiger partial charge in [0.15, 0.2) is 0 Å². The summed E-state index contributed by atoms with van der Waals surface area (Å²) >= 11 is 0. The second-order valence-electron chi connectivity index (χ2n) is 4.37. The van der Waals surface area contributed by atoms with Gasteiger partial charge in [0.25, 0.3) is 0 Å². The summed E-state index contributed by atoms with van der Waals surface area (Å²) in [6.45, 7) is 3.36. The first kappa shape index (κ1) is 15.9. The minimum Gasteiger partial charge on any atom is -0.464 e. The zero-order valence-electron chi connectivity index (χ0n) is 11.4. The predicted octanol–water partition coefficient (Wildman–Crippen LogP) is -0.522. The van der Waals surface area contributed by atoms with Gasteiger partial charge in [0.1, 0.15) is 6.04 Å². The molecule has 0 aromatic rings. The molecular formula is C11H20N2O5S. The van der Waals surface area contributed by atoms with Crippen LogP contribution in [0.5, 0.6) is 0 Å². The van der Waals surface area contributed by atoms with Crippen molar-refractivity contribution in [1.82, 2.24) is 9.62 Å². The third-order valence-electron chi connectivity index (χ3n) is 3.10. The van der Waals surface area contributed by atoms with E-state index in [4.69, 9.17) is 4.74 Å². The van der Waals surface area contributed by atoms with Crippen molar-refractivity contribution in [3.63, 3.8) is 0 Å². The van der Waals surface area contributed by atoms with Gasteiger partial charge < -0.3 is 9.64 Å². The summed E-state index contributed by atoms with van der Waals surface area (Å²) in [6, 6.07) is -1.53. The topological polar surface area (TPSA) is 92.8 Å². The molecule has 1 aliphatic rings. The van der Waals surface area contributed by atoms with E-state index in [-0.39, 0.29) is 24.7 Å². The highest BCUT2D eigenvalue weighted by Gasteiger charge is 2.41. The predicted molar refractivity (Wildman–Crippen MR) is 68.8 cm³/mol. The quantitative estimate of drug-likeness (QED) is 0.688. The highest BCUT2D eigenvalue weighted by molar-refractivity contribution is 7.89. The fraction of sp³-hybridized carbons (Fsp3) is 0.818. The first-order valence-electron chi connectivity index (χ1n) is 6.24. The molecule has 1 amide bonds. The molecule has 1 rings (SSSR count). The second-order valence-corrected chi connectivity index (χ2v) is 6.41. The molecule has 2 atom stereocenters. The number of piperidine rings is 1. The number of carbonyl (C=O) groups excluding carboxylic acids is 2. The molecule has 1 heterocycles. The molecule has 0 aliphatic carbocycles. The minimum atomic E-state index is -3.44. The van der Waals surface area contributed by atoms with Gasteiger partial charge in [-0.1, -0.05) is 0 Å². The summed E-state index contributed by atoms with van der Waals surface area (Å²) in [6.07, 6.45) is 0.509. The molecule has 1 saturated heterocycles. The molecule has 0 bridgehead atoms. The molecule has 0 aromatic carbocycles. The molecule has 19 heavy (non-hydrogen) atoms. The Hall–Kier alpha value is -1.15. The van der Waals surface area contributed by atoms with Crippen LogP contribution in [0.1, 0.15) is 26.7 Å². The number of carbonyl (C=O) groups is 2. The Kier molecular flexibility index (Phi) is 5.30. The molecule has 110 valence electrons. The summed E-state index contributed by atoms with van der Waals surface area (Å²) in [5.74, 6) is -0.844. The van der Waals surface area contributed by atoms with Crippen LogP contribution in [0, 0.1) is 0 Å². The minimum absolute atomic E-state index is 0.0727. The van der Waals surface area contributed by atoms with Crippen molar-refractivity contribution in [2.24, 2.45) is 0 Å². The number of rotatable bonds is 5. The third-order valence-corrected chi connectivity index (χ3v) is 4.52. The van der Waals surface area contributed by atoms with Gasteiger partial charge in [-0.05, 0) is 20.3 Å². The number of amides is 1. The van der Waals surface area contributed by atoms with Crippen molar-refractivity contribution >= 4 is 21.9 Å². The van der Waals surface area contributed by atoms with E-state index < -0.39 is 28.1 Å². The van der Waals surface area contributed by atoms with Gasteiger partial charge in [0.05, 0.1) is 18.4 Å². The Morgan fingerprint density at radius 3 is 2.63 bits per heavy atom. The van der Waals surface area contributed by atoms with Crippen LogP contribution in [0.3, 0.4) is 0 Å². The molecule has 1 aliphatic heterocycles. The van der Waals surface area contributed by atoms with Crippen molar-refractivity contribution in [3.8, 4) is 0 Å². The fourth-order valence-electron chi connectivity index (χ4n) is 2.03. The summed E-state index contributed by atoms with van der Waals surface area (Å²) in [5.41, 5.74) is 0. The normalized spacial score (nSPS) is 24.4. The van der Waals surface area contributed by atoms with Crippen LogP contribution in [-0.4, -0.2) is 56.7 Å². The molecule has 1 fully saturated rings. The summed E-state index contributed by atoms with van der Waals surface area (Å²) in [5, 5.41) is 0. The van der Waals surface area contributed by atoms with E-state index in [1.54, 1.807) is 6.92 Å². The van der Waals surface area contributed by atoms with Crippen molar-refractivity contribution in [1.29, 1.82) is 0 Å². The van der Waals surface area contributed by atoms with Crippen molar-refractivity contribution in [2.45, 2.75) is 38.8 Å². The number of ether oxygens (including phenoxy) is 1. The Morgan fingerprint density at radius 1 is 1.47 bits per heavy atom. The van der Waals surface area contributed by atoms with E-state index in [0.29, 0.717) is 6.42 Å². The Labute approximate surface area is 113 Å². The van der Waals surface area contributed by atoms with Crippen LogP contribution < -0.4 is 4.72 Å². The molecule has 1 N–H and O–H groups in total. The Bertz CT molecular complexity index is 448. The maximum absolute atomic E-state index is 11.9. The van der Waals surface area contributed by atoms with Gasteiger partial charge in [-0.3, -0.25) is 4.79 Å². The number of esters is 1. The number of likely N-dealkylation sites (tertiary alicyclic amines) is 1. The van der Waals surface area contributed by atoms with Crippen molar-refractivity contribution in [3.05, 3.63) is 0 Å². The smallest absolute Gasteiger partial charge is 0.330 e. The van der Waals surface area contributed by atoms with Crippen molar-refractivity contribution in [2.75, 3.05) is 19.4 Å². The zero-order valence-corrected chi connectivity index (χ0v) is 12.2. The van der Waals surface area contributed by atoms with Gasteiger partial charge >= 0.3 is 5.97 Å². The first-order chi connectivity index (χ1) is 8.82. The number of sulfonamides is 1.